The summed E-state index contributed by atoms with van der Waals surface area (Å²) in [5, 5.41) is 5.35. The highest BCUT2D eigenvalue weighted by Crippen LogP contribution is 2.32. The van der Waals surface area contributed by atoms with Crippen LogP contribution < -0.4 is 0 Å². The lowest BCUT2D eigenvalue weighted by Gasteiger charge is -2.18. The largest absolute Gasteiger partial charge is 0.233 e. The highest BCUT2D eigenvalue weighted by atomic mass is 35.5. The molecule has 0 unspecified atom stereocenters. The minimum Gasteiger partial charge on any atom is -0.233 e. The van der Waals surface area contributed by atoms with Crippen molar-refractivity contribution in [1.82, 2.24) is 14.6 Å². The minimum absolute atomic E-state index is 0.595. The van der Waals surface area contributed by atoms with E-state index in [1.807, 2.05) is 13.8 Å². The first kappa shape index (κ1) is 12.0. The first-order valence-electron chi connectivity index (χ1n) is 6.69. The number of aryl methyl sites for hydroxylation is 1. The molecule has 0 radical (unpaired) electrons. The summed E-state index contributed by atoms with van der Waals surface area (Å²) in [5.41, 5.74) is 4.04. The molecular formula is C14H18ClN3. The van der Waals surface area contributed by atoms with Crippen LogP contribution in [0.5, 0.6) is 0 Å². The Hall–Kier alpha value is -1.09. The first-order valence-corrected chi connectivity index (χ1v) is 7.07. The van der Waals surface area contributed by atoms with Crippen molar-refractivity contribution in [1.29, 1.82) is 0 Å². The van der Waals surface area contributed by atoms with Crippen LogP contribution in [0.15, 0.2) is 6.07 Å². The van der Waals surface area contributed by atoms with Gasteiger partial charge in [0.2, 0.25) is 0 Å². The summed E-state index contributed by atoms with van der Waals surface area (Å²) in [6.07, 6.45) is 6.50. The molecule has 0 spiro atoms. The Morgan fingerprint density at radius 3 is 2.67 bits per heavy atom. The number of hydrogen-bond acceptors (Lipinski definition) is 2. The molecule has 4 heteroatoms. The van der Waals surface area contributed by atoms with Crippen molar-refractivity contribution in [3.8, 4) is 0 Å². The van der Waals surface area contributed by atoms with Crippen molar-refractivity contribution < 1.29 is 0 Å². The summed E-state index contributed by atoms with van der Waals surface area (Å²) in [4.78, 5) is 4.57. The summed E-state index contributed by atoms with van der Waals surface area (Å²) in [5.74, 6) is 0.595. The van der Waals surface area contributed by atoms with E-state index in [2.05, 4.69) is 16.1 Å². The van der Waals surface area contributed by atoms with Crippen LogP contribution in [0.3, 0.4) is 0 Å². The van der Waals surface area contributed by atoms with Gasteiger partial charge in [0.15, 0.2) is 5.65 Å². The average Bonchev–Trinajstić information content (AvgIpc) is 2.81. The Labute approximate surface area is 112 Å². The summed E-state index contributed by atoms with van der Waals surface area (Å²) in [6.45, 7) is 3.99. The normalized spacial score (nSPS) is 17.5. The minimum atomic E-state index is 0.595. The van der Waals surface area contributed by atoms with Gasteiger partial charge in [-0.2, -0.15) is 5.10 Å². The molecular weight excluding hydrogens is 246 g/mol. The van der Waals surface area contributed by atoms with Gasteiger partial charge in [-0.15, -0.1) is 0 Å². The van der Waals surface area contributed by atoms with E-state index in [0.717, 1.165) is 22.6 Å². The second-order valence-corrected chi connectivity index (χ2v) is 5.65. The van der Waals surface area contributed by atoms with Gasteiger partial charge in [-0.3, -0.25) is 0 Å². The summed E-state index contributed by atoms with van der Waals surface area (Å²) < 4.78 is 1.79. The van der Waals surface area contributed by atoms with E-state index >= 15 is 0 Å². The van der Waals surface area contributed by atoms with E-state index < -0.39 is 0 Å². The van der Waals surface area contributed by atoms with E-state index in [9.17, 15) is 0 Å². The monoisotopic (exact) mass is 263 g/mol. The van der Waals surface area contributed by atoms with Gasteiger partial charge in [0.05, 0.1) is 5.69 Å². The maximum atomic E-state index is 6.34. The van der Waals surface area contributed by atoms with Crippen LogP contribution in [-0.2, 0) is 0 Å². The SMILES string of the molecule is Cc1nc2cc(C3CCCCC3)nn2c(Cl)c1C. The van der Waals surface area contributed by atoms with E-state index in [-0.39, 0.29) is 0 Å². The van der Waals surface area contributed by atoms with Gasteiger partial charge < -0.3 is 0 Å². The highest BCUT2D eigenvalue weighted by Gasteiger charge is 2.20. The van der Waals surface area contributed by atoms with Crippen LogP contribution in [0.25, 0.3) is 5.65 Å². The predicted octanol–water partition coefficient (Wildman–Crippen LogP) is 4.05. The lowest BCUT2D eigenvalue weighted by atomic mass is 9.87. The molecule has 2 heterocycles. The molecule has 18 heavy (non-hydrogen) atoms. The molecule has 0 N–H and O–H groups in total. The third-order valence-electron chi connectivity index (χ3n) is 4.05. The molecule has 0 aromatic carbocycles. The van der Waals surface area contributed by atoms with E-state index in [1.165, 1.54) is 32.1 Å². The number of nitrogens with zero attached hydrogens (tertiary/aromatic N) is 3. The second kappa shape index (κ2) is 4.54. The fraction of sp³-hybridized carbons (Fsp3) is 0.571. The smallest absolute Gasteiger partial charge is 0.157 e. The van der Waals surface area contributed by atoms with Gasteiger partial charge in [-0.05, 0) is 26.7 Å². The van der Waals surface area contributed by atoms with Gasteiger partial charge in [0.1, 0.15) is 5.15 Å². The Kier molecular flexibility index (Phi) is 3.02. The van der Waals surface area contributed by atoms with E-state index in [1.54, 1.807) is 4.52 Å². The molecule has 0 aliphatic heterocycles. The quantitative estimate of drug-likeness (QED) is 0.727. The number of aromatic nitrogens is 3. The molecule has 1 aliphatic carbocycles. The second-order valence-electron chi connectivity index (χ2n) is 5.29. The van der Waals surface area contributed by atoms with Crippen LogP contribution >= 0.6 is 11.6 Å². The van der Waals surface area contributed by atoms with Gasteiger partial charge in [-0.1, -0.05) is 30.9 Å². The Morgan fingerprint density at radius 2 is 1.94 bits per heavy atom. The summed E-state index contributed by atoms with van der Waals surface area (Å²) in [6, 6.07) is 2.11. The average molecular weight is 264 g/mol. The summed E-state index contributed by atoms with van der Waals surface area (Å²) >= 11 is 6.34. The van der Waals surface area contributed by atoms with Crippen LogP contribution in [-0.4, -0.2) is 14.6 Å². The fourth-order valence-corrected chi connectivity index (χ4v) is 3.04. The molecule has 2 aromatic rings. The molecule has 1 aliphatic rings. The van der Waals surface area contributed by atoms with Crippen molar-refractivity contribution in [2.75, 3.05) is 0 Å². The lowest BCUT2D eigenvalue weighted by molar-refractivity contribution is 0.435. The van der Waals surface area contributed by atoms with E-state index in [0.29, 0.717) is 11.1 Å². The zero-order chi connectivity index (χ0) is 12.7. The highest BCUT2D eigenvalue weighted by molar-refractivity contribution is 6.30. The van der Waals surface area contributed by atoms with Crippen molar-refractivity contribution in [3.05, 3.63) is 28.2 Å². The zero-order valence-corrected chi connectivity index (χ0v) is 11.7. The van der Waals surface area contributed by atoms with Crippen LogP contribution in [0.1, 0.15) is 55.0 Å². The first-order chi connectivity index (χ1) is 8.66. The lowest BCUT2D eigenvalue weighted by Crippen LogP contribution is -2.05. The number of halogens is 1. The fourth-order valence-electron chi connectivity index (χ4n) is 2.77. The molecule has 0 bridgehead atoms. The molecule has 1 fully saturated rings. The maximum Gasteiger partial charge on any atom is 0.157 e. The predicted molar refractivity (Wildman–Crippen MR) is 73.3 cm³/mol. The molecule has 0 saturated heterocycles. The van der Waals surface area contributed by atoms with Gasteiger partial charge >= 0.3 is 0 Å². The molecule has 0 atom stereocenters. The third-order valence-corrected chi connectivity index (χ3v) is 4.50. The number of fused-ring (bicyclic) bond motifs is 1. The van der Waals surface area contributed by atoms with Crippen LogP contribution in [0.2, 0.25) is 5.15 Å². The van der Waals surface area contributed by atoms with Crippen molar-refractivity contribution >= 4 is 17.2 Å². The topological polar surface area (TPSA) is 30.2 Å². The maximum absolute atomic E-state index is 6.34. The van der Waals surface area contributed by atoms with Crippen molar-refractivity contribution in [3.63, 3.8) is 0 Å². The Morgan fingerprint density at radius 1 is 1.22 bits per heavy atom. The molecule has 3 nitrogen and oxygen atoms in total. The standard InChI is InChI=1S/C14H18ClN3/c1-9-10(2)16-13-8-12(17-18(13)14(9)15)11-6-4-3-5-7-11/h8,11H,3-7H2,1-2H3. The van der Waals surface area contributed by atoms with Crippen LogP contribution in [0, 0.1) is 13.8 Å². The molecule has 2 aromatic heterocycles. The zero-order valence-electron chi connectivity index (χ0n) is 10.9. The Balaban J connectivity index is 2.07. The van der Waals surface area contributed by atoms with Crippen LogP contribution in [0.4, 0.5) is 0 Å². The Bertz CT molecular complexity index is 582. The molecule has 96 valence electrons. The van der Waals surface area contributed by atoms with Crippen molar-refractivity contribution in [2.24, 2.45) is 0 Å². The van der Waals surface area contributed by atoms with Crippen molar-refractivity contribution in [2.45, 2.75) is 51.9 Å². The van der Waals surface area contributed by atoms with Gasteiger partial charge in [-0.25, -0.2) is 9.50 Å². The van der Waals surface area contributed by atoms with E-state index in [4.69, 9.17) is 11.6 Å². The number of rotatable bonds is 1. The third kappa shape index (κ3) is 1.91. The molecule has 0 amide bonds. The number of hydrogen-bond donors (Lipinski definition) is 0. The van der Waals surface area contributed by atoms with Gasteiger partial charge in [0, 0.05) is 23.2 Å². The van der Waals surface area contributed by atoms with Gasteiger partial charge in [0.25, 0.3) is 0 Å². The molecule has 3 rings (SSSR count). The molecule has 1 saturated carbocycles. The summed E-state index contributed by atoms with van der Waals surface area (Å²) in [7, 11) is 0.